The molecular formula is C22H27FIN5O5. The Morgan fingerprint density at radius 3 is 2.50 bits per heavy atom. The second-order valence-electron chi connectivity index (χ2n) is 9.30. The molecule has 2 heterocycles. The number of benzene rings is 1. The van der Waals surface area contributed by atoms with Crippen molar-refractivity contribution in [3.63, 3.8) is 0 Å². The average molecular weight is 587 g/mol. The van der Waals surface area contributed by atoms with Crippen LogP contribution in [-0.2, 0) is 11.8 Å². The third-order valence-corrected chi connectivity index (χ3v) is 5.90. The lowest BCUT2D eigenvalue weighted by molar-refractivity contribution is -0.146. The SMILES string of the molecule is C[C@H](OC(=O)NC(C)(C)C)C1(O)CN(C(=O)c2nn(C)c(=O)cc2Nc2ccc(I)cc2F)C1. The summed E-state index contributed by atoms with van der Waals surface area (Å²) in [5.41, 5.74) is -2.43. The van der Waals surface area contributed by atoms with Gasteiger partial charge in [0.05, 0.1) is 24.5 Å². The Kier molecular flexibility index (Phi) is 7.22. The zero-order chi connectivity index (χ0) is 25.4. The summed E-state index contributed by atoms with van der Waals surface area (Å²) in [6.07, 6.45) is -1.56. The van der Waals surface area contributed by atoms with Gasteiger partial charge in [0.2, 0.25) is 0 Å². The van der Waals surface area contributed by atoms with Crippen LogP contribution in [0.5, 0.6) is 0 Å². The van der Waals surface area contributed by atoms with Crippen LogP contribution in [0.2, 0.25) is 0 Å². The lowest BCUT2D eigenvalue weighted by atomic mass is 9.88. The molecule has 0 aliphatic carbocycles. The van der Waals surface area contributed by atoms with E-state index in [1.807, 2.05) is 22.6 Å². The molecule has 1 aliphatic heterocycles. The minimum Gasteiger partial charge on any atom is -0.443 e. The number of aromatic nitrogens is 2. The van der Waals surface area contributed by atoms with E-state index < -0.39 is 40.6 Å². The van der Waals surface area contributed by atoms with Crippen LogP contribution in [0.3, 0.4) is 0 Å². The molecule has 1 atom stereocenters. The molecule has 0 saturated carbocycles. The Morgan fingerprint density at radius 1 is 1.26 bits per heavy atom. The Balaban J connectivity index is 1.76. The first kappa shape index (κ1) is 25.9. The lowest BCUT2D eigenvalue weighted by Gasteiger charge is -2.48. The minimum atomic E-state index is -1.44. The van der Waals surface area contributed by atoms with E-state index in [2.05, 4.69) is 15.7 Å². The number of halogens is 2. The largest absolute Gasteiger partial charge is 0.443 e. The summed E-state index contributed by atoms with van der Waals surface area (Å²) in [4.78, 5) is 38.6. The van der Waals surface area contributed by atoms with E-state index >= 15 is 0 Å². The van der Waals surface area contributed by atoms with Gasteiger partial charge in [0, 0.05) is 22.2 Å². The van der Waals surface area contributed by atoms with Gasteiger partial charge in [-0.05, 0) is 68.5 Å². The minimum absolute atomic E-state index is 0.0394. The van der Waals surface area contributed by atoms with Gasteiger partial charge in [0.1, 0.15) is 17.5 Å². The van der Waals surface area contributed by atoms with Gasteiger partial charge < -0.3 is 25.4 Å². The number of aliphatic hydroxyl groups is 1. The van der Waals surface area contributed by atoms with E-state index in [4.69, 9.17) is 4.74 Å². The number of aryl methyl sites for hydroxylation is 1. The molecule has 2 amide bonds. The van der Waals surface area contributed by atoms with Crippen LogP contribution in [0.4, 0.5) is 20.6 Å². The Bertz CT molecular complexity index is 1170. The zero-order valence-corrected chi connectivity index (χ0v) is 21.6. The van der Waals surface area contributed by atoms with Crippen molar-refractivity contribution >= 4 is 46.0 Å². The molecule has 3 N–H and O–H groups in total. The highest BCUT2D eigenvalue weighted by atomic mass is 127. The first-order chi connectivity index (χ1) is 15.7. The van der Waals surface area contributed by atoms with Gasteiger partial charge in [0.15, 0.2) is 5.69 Å². The van der Waals surface area contributed by atoms with Crippen molar-refractivity contribution in [2.75, 3.05) is 18.4 Å². The molecule has 34 heavy (non-hydrogen) atoms. The monoisotopic (exact) mass is 587 g/mol. The molecule has 0 radical (unpaired) electrons. The molecule has 2 aromatic rings. The molecule has 0 unspecified atom stereocenters. The highest BCUT2D eigenvalue weighted by Crippen LogP contribution is 2.30. The molecule has 0 bridgehead atoms. The van der Waals surface area contributed by atoms with Crippen LogP contribution in [-0.4, -0.2) is 62.1 Å². The topological polar surface area (TPSA) is 126 Å². The summed E-state index contributed by atoms with van der Waals surface area (Å²) >= 11 is 1.97. The predicted octanol–water partition coefficient (Wildman–Crippen LogP) is 2.37. The first-order valence-corrected chi connectivity index (χ1v) is 11.6. The summed E-state index contributed by atoms with van der Waals surface area (Å²) in [6, 6.07) is 5.64. The number of hydrogen-bond donors (Lipinski definition) is 3. The van der Waals surface area contributed by atoms with Crippen molar-refractivity contribution in [3.8, 4) is 0 Å². The van der Waals surface area contributed by atoms with Crippen LogP contribution in [0.15, 0.2) is 29.1 Å². The molecule has 1 aromatic heterocycles. The second-order valence-corrected chi connectivity index (χ2v) is 10.6. The van der Waals surface area contributed by atoms with Crippen LogP contribution in [0.1, 0.15) is 38.2 Å². The van der Waals surface area contributed by atoms with Crippen molar-refractivity contribution < 1.29 is 23.8 Å². The van der Waals surface area contributed by atoms with Crippen LogP contribution in [0, 0.1) is 9.39 Å². The number of likely N-dealkylation sites (tertiary alicyclic amines) is 1. The second kappa shape index (κ2) is 9.49. The maximum absolute atomic E-state index is 14.3. The molecule has 3 rings (SSSR count). The van der Waals surface area contributed by atoms with Crippen LogP contribution < -0.4 is 16.2 Å². The number of amides is 2. The maximum Gasteiger partial charge on any atom is 0.407 e. The van der Waals surface area contributed by atoms with Gasteiger partial charge in [-0.25, -0.2) is 13.9 Å². The number of carbonyl (C=O) groups is 2. The van der Waals surface area contributed by atoms with Crippen molar-refractivity contribution in [1.29, 1.82) is 0 Å². The van der Waals surface area contributed by atoms with Crippen molar-refractivity contribution in [2.24, 2.45) is 7.05 Å². The molecular weight excluding hydrogens is 560 g/mol. The van der Waals surface area contributed by atoms with E-state index in [9.17, 15) is 23.9 Å². The fraction of sp³-hybridized carbons (Fsp3) is 0.455. The molecule has 12 heteroatoms. The number of β-amino-alcohol motifs (C(OH)–C–C–N with tert-alkyl or cyclic N) is 1. The molecule has 1 fully saturated rings. The third-order valence-electron chi connectivity index (χ3n) is 5.23. The Hall–Kier alpha value is -2.74. The van der Waals surface area contributed by atoms with E-state index in [1.165, 1.54) is 24.1 Å². The molecule has 1 saturated heterocycles. The van der Waals surface area contributed by atoms with E-state index in [1.54, 1.807) is 33.8 Å². The zero-order valence-electron chi connectivity index (χ0n) is 19.5. The number of hydrogen-bond acceptors (Lipinski definition) is 7. The standard InChI is InChI=1S/C22H27FIN5O5/c1-12(34-20(32)26-21(2,3)4)22(33)10-29(11-22)19(31)18-16(9-17(30)28(5)27-18)25-15-7-6-13(24)8-14(15)23/h6-9,12,25,33H,10-11H2,1-5H3,(H,26,32)/t12-/m0/s1. The molecule has 1 aromatic carbocycles. The number of carbonyl (C=O) groups excluding carboxylic acids is 2. The van der Waals surface area contributed by atoms with Crippen molar-refractivity contribution in [2.45, 2.75) is 44.9 Å². The van der Waals surface area contributed by atoms with Gasteiger partial charge in [-0.1, -0.05) is 0 Å². The van der Waals surface area contributed by atoms with Crippen LogP contribution >= 0.6 is 22.6 Å². The summed E-state index contributed by atoms with van der Waals surface area (Å²) in [5, 5.41) is 20.3. The maximum atomic E-state index is 14.3. The Labute approximate surface area is 209 Å². The third kappa shape index (κ3) is 5.84. The number of rotatable bonds is 5. The van der Waals surface area contributed by atoms with E-state index in [-0.39, 0.29) is 30.2 Å². The van der Waals surface area contributed by atoms with Crippen molar-refractivity contribution in [1.82, 2.24) is 20.0 Å². The number of anilines is 2. The quantitative estimate of drug-likeness (QED) is 0.459. The van der Waals surface area contributed by atoms with Gasteiger partial charge in [-0.2, -0.15) is 5.10 Å². The van der Waals surface area contributed by atoms with E-state index in [0.717, 1.165) is 10.7 Å². The number of ether oxygens (including phenoxy) is 1. The molecule has 10 nitrogen and oxygen atoms in total. The predicted molar refractivity (Wildman–Crippen MR) is 132 cm³/mol. The molecule has 1 aliphatic rings. The summed E-state index contributed by atoms with van der Waals surface area (Å²) in [7, 11) is 1.39. The summed E-state index contributed by atoms with van der Waals surface area (Å²) < 4.78 is 21.3. The van der Waals surface area contributed by atoms with Crippen molar-refractivity contribution in [3.05, 3.63) is 49.7 Å². The highest BCUT2D eigenvalue weighted by molar-refractivity contribution is 14.1. The van der Waals surface area contributed by atoms with Gasteiger partial charge >= 0.3 is 6.09 Å². The normalized spacial score (nSPS) is 15.8. The number of alkyl carbamates (subject to hydrolysis) is 1. The highest BCUT2D eigenvalue weighted by Gasteiger charge is 2.50. The Morgan fingerprint density at radius 2 is 1.91 bits per heavy atom. The first-order valence-electron chi connectivity index (χ1n) is 10.5. The summed E-state index contributed by atoms with van der Waals surface area (Å²) in [6.45, 7) is 6.71. The lowest BCUT2D eigenvalue weighted by Crippen LogP contribution is -2.69. The number of nitrogens with one attached hydrogen (secondary N) is 2. The smallest absolute Gasteiger partial charge is 0.407 e. The molecule has 0 spiro atoms. The number of nitrogens with zero attached hydrogens (tertiary/aromatic N) is 3. The summed E-state index contributed by atoms with van der Waals surface area (Å²) in [5.74, 6) is -1.12. The average Bonchev–Trinajstić information content (AvgIpc) is 2.68. The van der Waals surface area contributed by atoms with E-state index in [0.29, 0.717) is 3.57 Å². The van der Waals surface area contributed by atoms with Gasteiger partial charge in [-0.3, -0.25) is 9.59 Å². The fourth-order valence-corrected chi connectivity index (χ4v) is 3.75. The van der Waals surface area contributed by atoms with Gasteiger partial charge in [0.25, 0.3) is 11.5 Å². The molecule has 184 valence electrons. The van der Waals surface area contributed by atoms with Crippen LogP contribution in [0.25, 0.3) is 0 Å². The fourth-order valence-electron chi connectivity index (χ4n) is 3.30. The van der Waals surface area contributed by atoms with Gasteiger partial charge in [-0.15, -0.1) is 0 Å².